The number of methoxy groups -OCH3 is 1. The number of nitrogens with one attached hydrogen (secondary N) is 1. The monoisotopic (exact) mass is 440 g/mol. The molecule has 0 aliphatic carbocycles. The number of nitrogens with two attached hydrogens (primary N) is 1. The molecule has 0 aliphatic rings. The first-order valence-electron chi connectivity index (χ1n) is 9.51. The zero-order valence-corrected chi connectivity index (χ0v) is 17.7. The van der Waals surface area contributed by atoms with Crippen molar-refractivity contribution in [3.63, 3.8) is 0 Å². The molecule has 10 heteroatoms. The molecule has 0 spiro atoms. The summed E-state index contributed by atoms with van der Waals surface area (Å²) >= 11 is 6.20. The molecule has 0 saturated heterocycles. The predicted molar refractivity (Wildman–Crippen MR) is 118 cm³/mol. The molecular weight excluding hydrogens is 420 g/mol. The van der Waals surface area contributed by atoms with Gasteiger partial charge in [-0.25, -0.2) is 4.52 Å². The molecule has 0 unspecified atom stereocenters. The van der Waals surface area contributed by atoms with Crippen LogP contribution in [0, 0.1) is 0 Å². The fourth-order valence-electron chi connectivity index (χ4n) is 3.38. The van der Waals surface area contributed by atoms with Crippen LogP contribution in [0.1, 0.15) is 17.3 Å². The molecule has 0 fully saturated rings. The van der Waals surface area contributed by atoms with Crippen LogP contribution < -0.4 is 15.8 Å². The molecule has 1 aromatic carbocycles. The maximum atomic E-state index is 13.2. The number of aliphatic hydroxyl groups is 1. The molecule has 4 N–H and O–H groups in total. The van der Waals surface area contributed by atoms with Gasteiger partial charge in [0.25, 0.3) is 5.91 Å². The van der Waals surface area contributed by atoms with Crippen LogP contribution in [0.25, 0.3) is 16.8 Å². The molecule has 3 heterocycles. The van der Waals surface area contributed by atoms with Gasteiger partial charge in [-0.05, 0) is 37.3 Å². The lowest BCUT2D eigenvalue weighted by Gasteiger charge is -2.09. The summed E-state index contributed by atoms with van der Waals surface area (Å²) in [6.07, 6.45) is 2.72. The van der Waals surface area contributed by atoms with Gasteiger partial charge in [0.05, 0.1) is 31.0 Å². The summed E-state index contributed by atoms with van der Waals surface area (Å²) < 4.78 is 8.55. The van der Waals surface area contributed by atoms with Gasteiger partial charge in [-0.3, -0.25) is 9.48 Å². The minimum Gasteiger partial charge on any atom is -0.496 e. The van der Waals surface area contributed by atoms with Crippen molar-refractivity contribution < 1.29 is 14.6 Å². The SMILES string of the molecule is COc1ccc(Cl)cc1-c1nn(C[C@@H](C)O)cc1NC(=O)c1c(N)nn2ccccc12. The van der Waals surface area contributed by atoms with Crippen LogP contribution in [0.5, 0.6) is 5.75 Å². The first-order chi connectivity index (χ1) is 14.9. The number of amides is 1. The van der Waals surface area contributed by atoms with E-state index in [1.807, 2.05) is 0 Å². The lowest BCUT2D eigenvalue weighted by molar-refractivity contribution is 0.102. The lowest BCUT2D eigenvalue weighted by Crippen LogP contribution is -2.14. The van der Waals surface area contributed by atoms with Crippen LogP contribution in [0.2, 0.25) is 5.02 Å². The van der Waals surface area contributed by atoms with E-state index >= 15 is 0 Å². The summed E-state index contributed by atoms with van der Waals surface area (Å²) in [5.74, 6) is 0.220. The highest BCUT2D eigenvalue weighted by molar-refractivity contribution is 6.31. The lowest BCUT2D eigenvalue weighted by atomic mass is 10.1. The Labute approximate surface area is 183 Å². The van der Waals surface area contributed by atoms with E-state index in [0.717, 1.165) is 0 Å². The second-order valence-electron chi connectivity index (χ2n) is 7.05. The summed E-state index contributed by atoms with van der Waals surface area (Å²) in [6.45, 7) is 1.89. The fourth-order valence-corrected chi connectivity index (χ4v) is 3.55. The Morgan fingerprint density at radius 2 is 2.13 bits per heavy atom. The molecule has 4 rings (SSSR count). The maximum absolute atomic E-state index is 13.2. The van der Waals surface area contributed by atoms with Gasteiger partial charge in [0.1, 0.15) is 17.0 Å². The topological polar surface area (TPSA) is 120 Å². The summed E-state index contributed by atoms with van der Waals surface area (Å²) in [7, 11) is 1.54. The summed E-state index contributed by atoms with van der Waals surface area (Å²) in [5.41, 5.74) is 8.31. The van der Waals surface area contributed by atoms with Gasteiger partial charge in [0, 0.05) is 23.0 Å². The Bertz CT molecular complexity index is 1260. The molecule has 4 aromatic rings. The van der Waals surface area contributed by atoms with Gasteiger partial charge in [0.2, 0.25) is 0 Å². The number of benzene rings is 1. The van der Waals surface area contributed by atoms with E-state index in [1.54, 1.807) is 64.9 Å². The molecule has 1 amide bonds. The Balaban J connectivity index is 1.79. The number of hydrogen-bond donors (Lipinski definition) is 3. The fraction of sp³-hybridized carbons (Fsp3) is 0.190. The van der Waals surface area contributed by atoms with E-state index in [2.05, 4.69) is 15.5 Å². The van der Waals surface area contributed by atoms with Gasteiger partial charge >= 0.3 is 0 Å². The minimum absolute atomic E-state index is 0.113. The van der Waals surface area contributed by atoms with Gasteiger partial charge in [-0.15, -0.1) is 5.10 Å². The van der Waals surface area contributed by atoms with Gasteiger partial charge in [-0.2, -0.15) is 5.10 Å². The number of aromatic nitrogens is 4. The standard InChI is InChI=1S/C21H21ClN6O3/c1-12(29)10-27-11-15(19(25-27)14-9-13(22)6-7-17(14)31-2)24-21(30)18-16-5-3-4-8-28(16)26-20(18)23/h3-9,11-12,29H,10H2,1-2H3,(H2,23,26)(H,24,30)/t12-/m1/s1. The number of halogens is 1. The molecule has 0 radical (unpaired) electrons. The normalized spacial score (nSPS) is 12.1. The molecule has 0 bridgehead atoms. The highest BCUT2D eigenvalue weighted by Gasteiger charge is 2.22. The molecule has 160 valence electrons. The molecular formula is C21H21ClN6O3. The summed E-state index contributed by atoms with van der Waals surface area (Å²) in [5, 5.41) is 21.9. The Morgan fingerprint density at radius 3 is 2.87 bits per heavy atom. The number of nitrogen functional groups attached to an aromatic ring is 1. The van der Waals surface area contributed by atoms with E-state index < -0.39 is 12.0 Å². The smallest absolute Gasteiger partial charge is 0.261 e. The number of anilines is 2. The van der Waals surface area contributed by atoms with E-state index in [0.29, 0.717) is 33.2 Å². The number of pyridine rings is 1. The zero-order valence-electron chi connectivity index (χ0n) is 16.9. The van der Waals surface area contributed by atoms with Crippen LogP contribution in [0.15, 0.2) is 48.8 Å². The van der Waals surface area contributed by atoms with Crippen LogP contribution in [-0.2, 0) is 6.54 Å². The number of carbonyl (C=O) groups is 1. The average Bonchev–Trinajstić information content (AvgIpc) is 3.26. The van der Waals surface area contributed by atoms with Crippen molar-refractivity contribution in [3.05, 3.63) is 59.4 Å². The second-order valence-corrected chi connectivity index (χ2v) is 7.49. The van der Waals surface area contributed by atoms with Crippen LogP contribution in [0.3, 0.4) is 0 Å². The Hall–Kier alpha value is -3.56. The Kier molecular flexibility index (Phi) is 5.53. The van der Waals surface area contributed by atoms with Crippen LogP contribution in [0.4, 0.5) is 11.5 Å². The largest absolute Gasteiger partial charge is 0.496 e. The quantitative estimate of drug-likeness (QED) is 0.424. The number of hydrogen-bond acceptors (Lipinski definition) is 6. The molecule has 0 aliphatic heterocycles. The molecule has 9 nitrogen and oxygen atoms in total. The summed E-state index contributed by atoms with van der Waals surface area (Å²) in [6, 6.07) is 10.5. The van der Waals surface area contributed by atoms with E-state index in [1.165, 1.54) is 7.11 Å². The number of carbonyl (C=O) groups excluding carboxylic acids is 1. The number of fused-ring (bicyclic) bond motifs is 1. The van der Waals surface area contributed by atoms with Crippen molar-refractivity contribution in [2.45, 2.75) is 19.6 Å². The van der Waals surface area contributed by atoms with Crippen molar-refractivity contribution in [3.8, 4) is 17.0 Å². The van der Waals surface area contributed by atoms with Gasteiger partial charge in [0.15, 0.2) is 5.82 Å². The first-order valence-corrected chi connectivity index (χ1v) is 9.88. The molecule has 31 heavy (non-hydrogen) atoms. The average molecular weight is 441 g/mol. The summed E-state index contributed by atoms with van der Waals surface area (Å²) in [4.78, 5) is 13.2. The first kappa shape index (κ1) is 20.7. The predicted octanol–water partition coefficient (Wildman–Crippen LogP) is 3.08. The third-order valence-electron chi connectivity index (χ3n) is 4.67. The maximum Gasteiger partial charge on any atom is 0.261 e. The van der Waals surface area contributed by atoms with Crippen molar-refractivity contribution in [2.75, 3.05) is 18.2 Å². The minimum atomic E-state index is -0.632. The Morgan fingerprint density at radius 1 is 1.32 bits per heavy atom. The zero-order chi connectivity index (χ0) is 22.1. The van der Waals surface area contributed by atoms with Crippen LogP contribution >= 0.6 is 11.6 Å². The van der Waals surface area contributed by atoms with E-state index in [4.69, 9.17) is 22.1 Å². The number of ether oxygens (including phenoxy) is 1. The van der Waals surface area contributed by atoms with Gasteiger partial charge in [-0.1, -0.05) is 17.7 Å². The highest BCUT2D eigenvalue weighted by atomic mass is 35.5. The molecule has 1 atom stereocenters. The van der Waals surface area contributed by atoms with E-state index in [9.17, 15) is 9.90 Å². The van der Waals surface area contributed by atoms with Crippen molar-refractivity contribution in [1.82, 2.24) is 19.4 Å². The molecule has 0 saturated carbocycles. The third-order valence-corrected chi connectivity index (χ3v) is 4.91. The van der Waals surface area contributed by atoms with Crippen LogP contribution in [-0.4, -0.2) is 43.6 Å². The van der Waals surface area contributed by atoms with Crippen molar-refractivity contribution in [2.24, 2.45) is 0 Å². The number of rotatable bonds is 6. The van der Waals surface area contributed by atoms with Gasteiger partial charge < -0.3 is 20.9 Å². The number of nitrogens with zero attached hydrogens (tertiary/aromatic N) is 4. The highest BCUT2D eigenvalue weighted by Crippen LogP contribution is 2.36. The van der Waals surface area contributed by atoms with E-state index in [-0.39, 0.29) is 17.9 Å². The third kappa shape index (κ3) is 4.05. The van der Waals surface area contributed by atoms with Crippen molar-refractivity contribution >= 4 is 34.5 Å². The number of aliphatic hydroxyl groups excluding tert-OH is 1. The molecule has 3 aromatic heterocycles. The second kappa shape index (κ2) is 8.29. The van der Waals surface area contributed by atoms with Crippen molar-refractivity contribution in [1.29, 1.82) is 0 Å².